The molecule has 212 valence electrons. The number of aromatic nitrogens is 2. The normalized spacial score (nSPS) is 16.2. The summed E-state index contributed by atoms with van der Waals surface area (Å²) in [6.07, 6.45) is -3.00. The lowest BCUT2D eigenvalue weighted by Crippen LogP contribution is -2.43. The van der Waals surface area contributed by atoms with E-state index in [2.05, 4.69) is 10.1 Å². The number of hydrogen-bond acceptors (Lipinski definition) is 11. The molecule has 0 aliphatic carbocycles. The molecule has 0 bridgehead atoms. The van der Waals surface area contributed by atoms with Crippen molar-refractivity contribution in [1.82, 2.24) is 14.6 Å². The molecule has 0 aliphatic heterocycles. The van der Waals surface area contributed by atoms with E-state index in [9.17, 15) is 24.6 Å². The van der Waals surface area contributed by atoms with E-state index in [1.807, 2.05) is 0 Å². The summed E-state index contributed by atoms with van der Waals surface area (Å²) in [5.41, 5.74) is -1.31. The summed E-state index contributed by atoms with van der Waals surface area (Å²) < 4.78 is 28.9. The minimum Gasteiger partial charge on any atom is -0.497 e. The zero-order valence-electron chi connectivity index (χ0n) is 21.7. The highest BCUT2D eigenvalue weighted by atomic mass is 32.5. The fraction of sp³-hybridized carbons (Fsp3) is 0.522. The zero-order chi connectivity index (χ0) is 28.5. The predicted octanol–water partition coefficient (Wildman–Crippen LogP) is 0.879. The molecule has 0 fully saturated rings. The summed E-state index contributed by atoms with van der Waals surface area (Å²) in [6, 6.07) is 6.72. The van der Waals surface area contributed by atoms with Crippen molar-refractivity contribution in [3.63, 3.8) is 0 Å². The molecule has 0 amide bonds. The van der Waals surface area contributed by atoms with Gasteiger partial charge in [-0.05, 0) is 63.8 Å². The van der Waals surface area contributed by atoms with Crippen molar-refractivity contribution < 1.29 is 38.3 Å². The van der Waals surface area contributed by atoms with Crippen molar-refractivity contribution in [2.75, 3.05) is 13.7 Å². The number of aliphatic hydroxyl groups excluding tert-OH is 2. The van der Waals surface area contributed by atoms with Gasteiger partial charge in [-0.3, -0.25) is 19.1 Å². The van der Waals surface area contributed by atoms with Crippen LogP contribution in [-0.2, 0) is 37.3 Å². The minimum atomic E-state index is -3.50. The van der Waals surface area contributed by atoms with Gasteiger partial charge >= 0.3 is 18.3 Å². The van der Waals surface area contributed by atoms with Gasteiger partial charge in [0.1, 0.15) is 36.5 Å². The molecule has 1 aromatic heterocycles. The van der Waals surface area contributed by atoms with Crippen molar-refractivity contribution in [2.45, 2.75) is 64.9 Å². The van der Waals surface area contributed by atoms with E-state index in [0.717, 1.165) is 10.6 Å². The number of carbonyl (C=O) groups excluding carboxylic acids is 1. The molecule has 0 aliphatic rings. The monoisotopic (exact) mass is 575 g/mol. The number of aromatic amines is 1. The van der Waals surface area contributed by atoms with Crippen molar-refractivity contribution >= 4 is 24.4 Å². The Morgan fingerprint density at radius 1 is 1.11 bits per heavy atom. The van der Waals surface area contributed by atoms with Crippen LogP contribution in [-0.4, -0.2) is 69.9 Å². The Morgan fingerprint density at radius 3 is 2.29 bits per heavy atom. The molecular formula is C23H34N3O10PS. The molecule has 2 aromatic rings. The van der Waals surface area contributed by atoms with Gasteiger partial charge in [0.15, 0.2) is 0 Å². The third-order valence-corrected chi connectivity index (χ3v) is 7.45. The standard InChI is InChI=1S/C23H34N3O10PS/c1-14(2)35-22(30)15(3)25-37(38,36-18-8-6-17(32-5)7-9-18)34-12-19(21(29)16(4)27)33-13-26-11-10-20(28)24-23(26)31/h6-11,14-16,19,21,27,29H,12-13H2,1-5H3,(H,25,38)(H,24,28,31). The number of nitrogens with zero attached hydrogens (tertiary/aromatic N) is 1. The summed E-state index contributed by atoms with van der Waals surface area (Å²) in [4.78, 5) is 37.8. The van der Waals surface area contributed by atoms with Gasteiger partial charge in [-0.25, -0.2) is 9.88 Å². The number of ether oxygens (including phenoxy) is 3. The van der Waals surface area contributed by atoms with Crippen molar-refractivity contribution in [3.05, 3.63) is 57.4 Å². The average molecular weight is 576 g/mol. The minimum absolute atomic E-state index is 0.319. The number of benzene rings is 1. The number of aliphatic hydroxyl groups is 2. The van der Waals surface area contributed by atoms with Crippen LogP contribution in [0.2, 0.25) is 0 Å². The van der Waals surface area contributed by atoms with Gasteiger partial charge in [-0.2, -0.15) is 0 Å². The first-order valence-electron chi connectivity index (χ1n) is 11.7. The first-order chi connectivity index (χ1) is 17.8. The quantitative estimate of drug-likeness (QED) is 0.175. The highest BCUT2D eigenvalue weighted by Gasteiger charge is 2.32. The molecular weight excluding hydrogens is 541 g/mol. The summed E-state index contributed by atoms with van der Waals surface area (Å²) in [5, 5.41) is 23.3. The van der Waals surface area contributed by atoms with Crippen LogP contribution in [0.3, 0.4) is 0 Å². The molecule has 4 N–H and O–H groups in total. The largest absolute Gasteiger partial charge is 0.497 e. The fourth-order valence-corrected chi connectivity index (χ4v) is 5.36. The maximum Gasteiger partial charge on any atom is 0.330 e. The second kappa shape index (κ2) is 14.5. The van der Waals surface area contributed by atoms with E-state index >= 15 is 0 Å². The molecule has 0 saturated carbocycles. The second-order valence-corrected chi connectivity index (χ2v) is 11.7. The fourth-order valence-electron chi connectivity index (χ4n) is 2.94. The second-order valence-electron chi connectivity index (χ2n) is 8.54. The Kier molecular flexibility index (Phi) is 12.1. The number of carbonyl (C=O) groups is 1. The molecule has 38 heavy (non-hydrogen) atoms. The first-order valence-corrected chi connectivity index (χ1v) is 14.3. The van der Waals surface area contributed by atoms with Crippen molar-refractivity contribution in [2.24, 2.45) is 0 Å². The molecule has 5 atom stereocenters. The van der Waals surface area contributed by atoms with Gasteiger partial charge in [-0.15, -0.1) is 0 Å². The average Bonchev–Trinajstić information content (AvgIpc) is 2.84. The van der Waals surface area contributed by atoms with E-state index in [0.29, 0.717) is 11.5 Å². The Bertz CT molecular complexity index is 1200. The lowest BCUT2D eigenvalue weighted by molar-refractivity contribution is -0.149. The number of hydrogen-bond donors (Lipinski definition) is 4. The SMILES string of the molecule is COc1ccc(OP(=S)(NC(C)C(=O)OC(C)C)OCC(OCn2ccc(=O)[nH]c2=O)C(O)C(C)O)cc1. The van der Waals surface area contributed by atoms with E-state index in [1.54, 1.807) is 38.1 Å². The molecule has 1 aromatic carbocycles. The molecule has 0 radical (unpaired) electrons. The maximum atomic E-state index is 12.4. The molecule has 0 saturated heterocycles. The number of methoxy groups -OCH3 is 1. The summed E-state index contributed by atoms with van der Waals surface area (Å²) in [6.45, 7) is 2.03. The summed E-state index contributed by atoms with van der Waals surface area (Å²) >= 11 is 5.66. The van der Waals surface area contributed by atoms with Gasteiger partial charge < -0.3 is 33.5 Å². The highest BCUT2D eigenvalue weighted by Crippen LogP contribution is 2.46. The van der Waals surface area contributed by atoms with Crippen LogP contribution in [0.4, 0.5) is 0 Å². The zero-order valence-corrected chi connectivity index (χ0v) is 23.4. The van der Waals surface area contributed by atoms with Crippen molar-refractivity contribution in [3.8, 4) is 11.5 Å². The summed E-state index contributed by atoms with van der Waals surface area (Å²) in [7, 11) is 1.52. The van der Waals surface area contributed by atoms with Crippen LogP contribution < -0.4 is 25.6 Å². The summed E-state index contributed by atoms with van der Waals surface area (Å²) in [5.74, 6) is 0.323. The maximum absolute atomic E-state index is 12.4. The van der Waals surface area contributed by atoms with Crippen LogP contribution in [0.25, 0.3) is 0 Å². The van der Waals surface area contributed by atoms with Crippen LogP contribution >= 0.6 is 6.64 Å². The first kappa shape index (κ1) is 31.6. The number of nitrogens with one attached hydrogen (secondary N) is 2. The Morgan fingerprint density at radius 2 is 1.74 bits per heavy atom. The third-order valence-electron chi connectivity index (χ3n) is 4.95. The van der Waals surface area contributed by atoms with Gasteiger partial charge in [0.25, 0.3) is 5.56 Å². The van der Waals surface area contributed by atoms with Gasteiger partial charge in [0.2, 0.25) is 0 Å². The van der Waals surface area contributed by atoms with E-state index < -0.39 is 54.8 Å². The van der Waals surface area contributed by atoms with E-state index in [1.165, 1.54) is 27.2 Å². The van der Waals surface area contributed by atoms with E-state index in [4.69, 9.17) is 35.1 Å². The van der Waals surface area contributed by atoms with Gasteiger partial charge in [0.05, 0.1) is 25.9 Å². The molecule has 13 nitrogen and oxygen atoms in total. The van der Waals surface area contributed by atoms with Gasteiger partial charge in [-0.1, -0.05) is 0 Å². The molecule has 2 rings (SSSR count). The molecule has 0 spiro atoms. The lowest BCUT2D eigenvalue weighted by atomic mass is 10.1. The Labute approximate surface area is 224 Å². The Hall–Kier alpha value is -2.58. The third kappa shape index (κ3) is 9.95. The highest BCUT2D eigenvalue weighted by molar-refractivity contribution is 8.09. The molecule has 1 heterocycles. The van der Waals surface area contributed by atoms with Crippen LogP contribution in [0.5, 0.6) is 11.5 Å². The molecule has 15 heteroatoms. The van der Waals surface area contributed by atoms with Crippen LogP contribution in [0.15, 0.2) is 46.1 Å². The lowest BCUT2D eigenvalue weighted by Gasteiger charge is -2.30. The number of rotatable bonds is 15. The predicted molar refractivity (Wildman–Crippen MR) is 142 cm³/mol. The smallest absolute Gasteiger partial charge is 0.330 e. The Balaban J connectivity index is 2.25. The number of H-pyrrole nitrogens is 1. The van der Waals surface area contributed by atoms with E-state index in [-0.39, 0.29) is 12.8 Å². The topological polar surface area (TPSA) is 171 Å². The van der Waals surface area contributed by atoms with Gasteiger partial charge in [0, 0.05) is 12.3 Å². The van der Waals surface area contributed by atoms with Crippen molar-refractivity contribution in [1.29, 1.82) is 0 Å². The number of esters is 1. The van der Waals surface area contributed by atoms with Crippen LogP contribution in [0.1, 0.15) is 27.7 Å². The van der Waals surface area contributed by atoms with Crippen LogP contribution in [0, 0.1) is 0 Å². The molecule has 5 unspecified atom stereocenters.